The first kappa shape index (κ1) is 23.6. The third-order valence-electron chi connectivity index (χ3n) is 4.95. The Balaban J connectivity index is 5.51. The summed E-state index contributed by atoms with van der Waals surface area (Å²) in [5, 5.41) is 0. The topological polar surface area (TPSA) is 36.9 Å². The second kappa shape index (κ2) is 12.9. The van der Waals surface area contributed by atoms with Gasteiger partial charge in [-0.15, -0.1) is 0 Å². The van der Waals surface area contributed by atoms with Crippen molar-refractivity contribution in [2.75, 3.05) is 28.4 Å². The molecule has 0 radical (unpaired) electrons. The van der Waals surface area contributed by atoms with Gasteiger partial charge in [-0.25, -0.2) is 0 Å². The molecule has 4 heteroatoms. The summed E-state index contributed by atoms with van der Waals surface area (Å²) in [5.74, 6) is -1.06. The molecule has 0 N–H and O–H groups in total. The summed E-state index contributed by atoms with van der Waals surface area (Å²) < 4.78 is 23.2. The smallest absolute Gasteiger partial charge is 0.313 e. The number of hydrogen-bond acceptors (Lipinski definition) is 4. The van der Waals surface area contributed by atoms with Crippen molar-refractivity contribution in [3.05, 3.63) is 12.2 Å². The fourth-order valence-electron chi connectivity index (χ4n) is 3.77. The molecule has 0 aliphatic heterocycles. The number of ether oxygens (including phenoxy) is 4. The molecular formula is C20H40O4. The number of allylic oxidation sites excluding steroid dienone is 1. The van der Waals surface area contributed by atoms with E-state index in [1.807, 2.05) is 6.92 Å². The van der Waals surface area contributed by atoms with Gasteiger partial charge in [0, 0.05) is 34.4 Å². The van der Waals surface area contributed by atoms with Gasteiger partial charge in [0.25, 0.3) is 0 Å². The summed E-state index contributed by atoms with van der Waals surface area (Å²) in [6, 6.07) is 0. The molecule has 0 aromatic carbocycles. The van der Waals surface area contributed by atoms with Crippen LogP contribution in [0.3, 0.4) is 0 Å². The molecule has 0 fully saturated rings. The SMILES string of the molecule is CC=CC(CCCCCCC)C(CCC)(OC)C(OC)(OC)OC. The third-order valence-corrected chi connectivity index (χ3v) is 4.95. The van der Waals surface area contributed by atoms with Crippen LogP contribution < -0.4 is 0 Å². The molecule has 2 unspecified atom stereocenters. The average molecular weight is 345 g/mol. The second-order valence-electron chi connectivity index (χ2n) is 6.35. The van der Waals surface area contributed by atoms with Gasteiger partial charge in [0.2, 0.25) is 0 Å². The molecule has 0 saturated carbocycles. The molecule has 0 aromatic heterocycles. The lowest BCUT2D eigenvalue weighted by Gasteiger charge is -2.49. The van der Waals surface area contributed by atoms with Crippen molar-refractivity contribution in [3.63, 3.8) is 0 Å². The lowest BCUT2D eigenvalue weighted by atomic mass is 9.77. The Labute approximate surface area is 149 Å². The van der Waals surface area contributed by atoms with E-state index in [9.17, 15) is 0 Å². The lowest BCUT2D eigenvalue weighted by molar-refractivity contribution is -0.431. The van der Waals surface area contributed by atoms with Crippen LogP contribution in [0.15, 0.2) is 12.2 Å². The first-order chi connectivity index (χ1) is 11.6. The van der Waals surface area contributed by atoms with Gasteiger partial charge < -0.3 is 18.9 Å². The first-order valence-corrected chi connectivity index (χ1v) is 9.41. The van der Waals surface area contributed by atoms with Crippen molar-refractivity contribution in [3.8, 4) is 0 Å². The summed E-state index contributed by atoms with van der Waals surface area (Å²) in [7, 11) is 6.58. The molecule has 0 bridgehead atoms. The Hall–Kier alpha value is -0.420. The minimum atomic E-state index is -1.22. The molecule has 2 atom stereocenters. The van der Waals surface area contributed by atoms with E-state index in [4.69, 9.17) is 18.9 Å². The van der Waals surface area contributed by atoms with Crippen molar-refractivity contribution >= 4 is 0 Å². The Morgan fingerprint density at radius 1 is 0.792 bits per heavy atom. The van der Waals surface area contributed by atoms with Crippen LogP contribution in [0.4, 0.5) is 0 Å². The summed E-state index contributed by atoms with van der Waals surface area (Å²) in [6.45, 7) is 6.43. The van der Waals surface area contributed by atoms with Crippen molar-refractivity contribution < 1.29 is 18.9 Å². The first-order valence-electron chi connectivity index (χ1n) is 9.41. The Bertz CT molecular complexity index is 317. The fraction of sp³-hybridized carbons (Fsp3) is 0.900. The van der Waals surface area contributed by atoms with Crippen molar-refractivity contribution in [1.82, 2.24) is 0 Å². The summed E-state index contributed by atoms with van der Waals surface area (Å²) in [4.78, 5) is 0. The highest BCUT2D eigenvalue weighted by Gasteiger charge is 2.57. The molecule has 0 aromatic rings. The minimum Gasteiger partial charge on any atom is -0.369 e. The molecule has 0 rings (SSSR count). The van der Waals surface area contributed by atoms with Gasteiger partial charge >= 0.3 is 5.97 Å². The number of methoxy groups -OCH3 is 4. The van der Waals surface area contributed by atoms with E-state index in [-0.39, 0.29) is 5.92 Å². The average Bonchev–Trinajstić information content (AvgIpc) is 2.61. The largest absolute Gasteiger partial charge is 0.369 e. The maximum absolute atomic E-state index is 6.08. The Morgan fingerprint density at radius 2 is 1.38 bits per heavy atom. The van der Waals surface area contributed by atoms with Gasteiger partial charge in [-0.05, 0) is 19.8 Å². The number of unbranched alkanes of at least 4 members (excludes halogenated alkanes) is 4. The highest BCUT2D eigenvalue weighted by atomic mass is 16.9. The van der Waals surface area contributed by atoms with Gasteiger partial charge in [0.1, 0.15) is 0 Å². The van der Waals surface area contributed by atoms with E-state index in [1.54, 1.807) is 28.4 Å². The summed E-state index contributed by atoms with van der Waals surface area (Å²) in [6.07, 6.45) is 13.3. The van der Waals surface area contributed by atoms with Crippen LogP contribution in [-0.4, -0.2) is 40.0 Å². The second-order valence-corrected chi connectivity index (χ2v) is 6.35. The predicted molar refractivity (Wildman–Crippen MR) is 100 cm³/mol. The maximum Gasteiger partial charge on any atom is 0.313 e. The zero-order chi connectivity index (χ0) is 18.5. The predicted octanol–water partition coefficient (Wildman–Crippen LogP) is 5.32. The Kier molecular flexibility index (Phi) is 12.6. The van der Waals surface area contributed by atoms with E-state index in [1.165, 1.54) is 25.7 Å². The summed E-state index contributed by atoms with van der Waals surface area (Å²) in [5.41, 5.74) is -0.683. The molecule has 4 nitrogen and oxygen atoms in total. The van der Waals surface area contributed by atoms with E-state index in [0.717, 1.165) is 25.7 Å². The number of rotatable bonds is 15. The van der Waals surface area contributed by atoms with Crippen molar-refractivity contribution in [2.24, 2.45) is 5.92 Å². The summed E-state index contributed by atoms with van der Waals surface area (Å²) >= 11 is 0. The standard InChI is InChI=1S/C20H40O4/c1-8-11-12-13-14-16-18(15-9-2)19(21-4,17-10-3)20(22-5,23-6)24-7/h9,15,18H,8,10-14,16-17H2,1-7H3. The van der Waals surface area contributed by atoms with E-state index >= 15 is 0 Å². The zero-order valence-corrected chi connectivity index (χ0v) is 17.0. The van der Waals surface area contributed by atoms with Crippen LogP contribution in [0.5, 0.6) is 0 Å². The monoisotopic (exact) mass is 344 g/mol. The van der Waals surface area contributed by atoms with Gasteiger partial charge in [-0.1, -0.05) is 64.5 Å². The van der Waals surface area contributed by atoms with E-state index in [2.05, 4.69) is 26.0 Å². The van der Waals surface area contributed by atoms with Crippen LogP contribution in [0.1, 0.15) is 72.1 Å². The lowest BCUT2D eigenvalue weighted by Crippen LogP contribution is -2.62. The normalized spacial score (nSPS) is 16.5. The van der Waals surface area contributed by atoms with Crippen molar-refractivity contribution in [2.45, 2.75) is 83.7 Å². The molecule has 0 amide bonds. The van der Waals surface area contributed by atoms with Gasteiger partial charge in [0.05, 0.1) is 0 Å². The maximum atomic E-state index is 6.08. The fourth-order valence-corrected chi connectivity index (χ4v) is 3.77. The Morgan fingerprint density at radius 3 is 1.79 bits per heavy atom. The molecular weight excluding hydrogens is 304 g/mol. The molecule has 24 heavy (non-hydrogen) atoms. The molecule has 0 saturated heterocycles. The van der Waals surface area contributed by atoms with Gasteiger partial charge in [-0.2, -0.15) is 0 Å². The third kappa shape index (κ3) is 5.55. The molecule has 144 valence electrons. The molecule has 0 spiro atoms. The van der Waals surface area contributed by atoms with Crippen LogP contribution >= 0.6 is 0 Å². The van der Waals surface area contributed by atoms with E-state index < -0.39 is 11.6 Å². The highest BCUT2D eigenvalue weighted by molar-refractivity contribution is 5.04. The molecule has 0 heterocycles. The van der Waals surface area contributed by atoms with Crippen LogP contribution in [-0.2, 0) is 18.9 Å². The zero-order valence-electron chi connectivity index (χ0n) is 17.0. The van der Waals surface area contributed by atoms with Gasteiger partial charge in [0.15, 0.2) is 5.60 Å². The van der Waals surface area contributed by atoms with E-state index in [0.29, 0.717) is 0 Å². The van der Waals surface area contributed by atoms with Crippen LogP contribution in [0, 0.1) is 5.92 Å². The van der Waals surface area contributed by atoms with Crippen LogP contribution in [0.2, 0.25) is 0 Å². The molecule has 0 aliphatic rings. The van der Waals surface area contributed by atoms with Crippen molar-refractivity contribution in [1.29, 1.82) is 0 Å². The molecule has 0 aliphatic carbocycles. The highest BCUT2D eigenvalue weighted by Crippen LogP contribution is 2.43. The van der Waals surface area contributed by atoms with Crippen LogP contribution in [0.25, 0.3) is 0 Å². The quantitative estimate of drug-likeness (QED) is 0.229. The number of hydrogen-bond donors (Lipinski definition) is 0. The minimum absolute atomic E-state index is 0.161. The van der Waals surface area contributed by atoms with Gasteiger partial charge in [-0.3, -0.25) is 0 Å².